The van der Waals surface area contributed by atoms with E-state index < -0.39 is 0 Å². The van der Waals surface area contributed by atoms with E-state index in [9.17, 15) is 9.18 Å². The summed E-state index contributed by atoms with van der Waals surface area (Å²) in [5.41, 5.74) is 1.71. The van der Waals surface area contributed by atoms with Crippen LogP contribution in [0.3, 0.4) is 0 Å². The Hall–Kier alpha value is -2.56. The average Bonchev–Trinajstić information content (AvgIpc) is 2.57. The third-order valence-electron chi connectivity index (χ3n) is 3.75. The molecular weight excluding hydrogens is 319 g/mol. The van der Waals surface area contributed by atoms with Crippen molar-refractivity contribution in [3.8, 4) is 5.75 Å². The molecule has 4 nitrogen and oxygen atoms in total. The van der Waals surface area contributed by atoms with Crippen molar-refractivity contribution in [2.45, 2.75) is 32.7 Å². The Bertz CT molecular complexity index is 711. The van der Waals surface area contributed by atoms with Crippen molar-refractivity contribution >= 4 is 6.03 Å². The molecule has 0 fully saturated rings. The predicted molar refractivity (Wildman–Crippen MR) is 97.3 cm³/mol. The molecule has 2 N–H and O–H groups in total. The van der Waals surface area contributed by atoms with Gasteiger partial charge in [0.15, 0.2) is 0 Å². The monoisotopic (exact) mass is 344 g/mol. The summed E-state index contributed by atoms with van der Waals surface area (Å²) in [4.78, 5) is 11.7. The topological polar surface area (TPSA) is 50.4 Å². The summed E-state index contributed by atoms with van der Waals surface area (Å²) in [5.74, 6) is 0.450. The molecular formula is C20H25FN2O2. The largest absolute Gasteiger partial charge is 0.492 e. The minimum atomic E-state index is -0.352. The van der Waals surface area contributed by atoms with Crippen LogP contribution in [0.5, 0.6) is 5.75 Å². The zero-order valence-electron chi connectivity index (χ0n) is 14.9. The van der Waals surface area contributed by atoms with Gasteiger partial charge in [0.05, 0.1) is 6.54 Å². The summed E-state index contributed by atoms with van der Waals surface area (Å²) < 4.78 is 19.1. The van der Waals surface area contributed by atoms with Gasteiger partial charge in [0.25, 0.3) is 0 Å². The predicted octanol–water partition coefficient (Wildman–Crippen LogP) is 4.00. The van der Waals surface area contributed by atoms with E-state index in [2.05, 4.69) is 37.5 Å². The Morgan fingerprint density at radius 3 is 2.56 bits per heavy atom. The van der Waals surface area contributed by atoms with Crippen LogP contribution in [-0.2, 0) is 12.0 Å². The van der Waals surface area contributed by atoms with E-state index in [4.69, 9.17) is 4.74 Å². The molecule has 0 unspecified atom stereocenters. The zero-order chi connectivity index (χ0) is 18.3. The fourth-order valence-corrected chi connectivity index (χ4v) is 2.27. The average molecular weight is 344 g/mol. The number of amides is 2. The second kappa shape index (κ2) is 8.51. The van der Waals surface area contributed by atoms with Crippen molar-refractivity contribution in [1.29, 1.82) is 0 Å². The lowest BCUT2D eigenvalue weighted by Crippen LogP contribution is -2.37. The van der Waals surface area contributed by atoms with Gasteiger partial charge in [0.1, 0.15) is 18.2 Å². The lowest BCUT2D eigenvalue weighted by atomic mass is 9.87. The van der Waals surface area contributed by atoms with Gasteiger partial charge in [0.2, 0.25) is 0 Å². The molecule has 2 rings (SSSR count). The van der Waals surface area contributed by atoms with Gasteiger partial charge >= 0.3 is 6.03 Å². The third kappa shape index (κ3) is 6.10. The summed E-state index contributed by atoms with van der Waals surface area (Å²) in [6.07, 6.45) is 0. The summed E-state index contributed by atoms with van der Waals surface area (Å²) in [7, 11) is 0. The molecule has 0 radical (unpaired) electrons. The van der Waals surface area contributed by atoms with Gasteiger partial charge in [-0.3, -0.25) is 0 Å². The SMILES string of the molecule is CC(C)(C)c1cccc(OCCNC(=O)NCc2ccccc2F)c1. The minimum Gasteiger partial charge on any atom is -0.492 e. The fraction of sp³-hybridized carbons (Fsp3) is 0.350. The number of carbonyl (C=O) groups is 1. The number of halogens is 1. The Kier molecular flexibility index (Phi) is 6.39. The van der Waals surface area contributed by atoms with Gasteiger partial charge in [0, 0.05) is 12.1 Å². The Labute approximate surface area is 148 Å². The number of hydrogen-bond donors (Lipinski definition) is 2. The lowest BCUT2D eigenvalue weighted by Gasteiger charge is -2.19. The van der Waals surface area contributed by atoms with Crippen LogP contribution in [0.25, 0.3) is 0 Å². The molecule has 0 aromatic heterocycles. The molecule has 5 heteroatoms. The Morgan fingerprint density at radius 1 is 1.08 bits per heavy atom. The first-order valence-electron chi connectivity index (χ1n) is 8.35. The number of urea groups is 1. The van der Waals surface area contributed by atoms with Crippen molar-refractivity contribution < 1.29 is 13.9 Å². The van der Waals surface area contributed by atoms with Crippen LogP contribution in [0, 0.1) is 5.82 Å². The highest BCUT2D eigenvalue weighted by atomic mass is 19.1. The first-order chi connectivity index (χ1) is 11.9. The normalized spacial score (nSPS) is 11.0. The van der Waals surface area contributed by atoms with Crippen LogP contribution in [0.4, 0.5) is 9.18 Å². The van der Waals surface area contributed by atoms with Crippen LogP contribution in [-0.4, -0.2) is 19.2 Å². The summed E-state index contributed by atoms with van der Waals surface area (Å²) in [5, 5.41) is 5.31. The number of ether oxygens (including phenoxy) is 1. The van der Waals surface area contributed by atoms with Crippen LogP contribution < -0.4 is 15.4 Å². The van der Waals surface area contributed by atoms with Gasteiger partial charge in [-0.15, -0.1) is 0 Å². The standard InChI is InChI=1S/C20H25FN2O2/c1-20(2,3)16-8-6-9-17(13-16)25-12-11-22-19(24)23-14-15-7-4-5-10-18(15)21/h4-10,13H,11-12,14H2,1-3H3,(H2,22,23,24). The molecule has 2 aromatic carbocycles. The number of hydrogen-bond acceptors (Lipinski definition) is 2. The van der Waals surface area contributed by atoms with E-state index in [1.54, 1.807) is 18.2 Å². The maximum atomic E-state index is 13.5. The summed E-state index contributed by atoms with van der Waals surface area (Å²) in [6.45, 7) is 7.31. The Morgan fingerprint density at radius 2 is 1.84 bits per heavy atom. The quantitative estimate of drug-likeness (QED) is 0.778. The van der Waals surface area contributed by atoms with E-state index >= 15 is 0 Å². The molecule has 2 amide bonds. The highest BCUT2D eigenvalue weighted by Gasteiger charge is 2.13. The second-order valence-electron chi connectivity index (χ2n) is 6.83. The smallest absolute Gasteiger partial charge is 0.315 e. The van der Waals surface area contributed by atoms with Gasteiger partial charge in [-0.05, 0) is 29.2 Å². The van der Waals surface area contributed by atoms with Crippen molar-refractivity contribution in [3.05, 3.63) is 65.5 Å². The van der Waals surface area contributed by atoms with E-state index in [-0.39, 0.29) is 23.8 Å². The summed E-state index contributed by atoms with van der Waals surface area (Å²) >= 11 is 0. The minimum absolute atomic E-state index is 0.0597. The van der Waals surface area contributed by atoms with E-state index in [0.717, 1.165) is 5.75 Å². The molecule has 2 aromatic rings. The van der Waals surface area contributed by atoms with Gasteiger partial charge in [-0.2, -0.15) is 0 Å². The molecule has 25 heavy (non-hydrogen) atoms. The van der Waals surface area contributed by atoms with Crippen LogP contribution >= 0.6 is 0 Å². The second-order valence-corrected chi connectivity index (χ2v) is 6.83. The highest BCUT2D eigenvalue weighted by molar-refractivity contribution is 5.73. The van der Waals surface area contributed by atoms with Crippen LogP contribution in [0.1, 0.15) is 31.9 Å². The highest BCUT2D eigenvalue weighted by Crippen LogP contribution is 2.25. The van der Waals surface area contributed by atoms with Gasteiger partial charge in [-0.25, -0.2) is 9.18 Å². The fourth-order valence-electron chi connectivity index (χ4n) is 2.27. The van der Waals surface area contributed by atoms with Crippen molar-refractivity contribution in [3.63, 3.8) is 0 Å². The molecule has 0 aliphatic heterocycles. The molecule has 0 bridgehead atoms. The zero-order valence-corrected chi connectivity index (χ0v) is 14.9. The van der Waals surface area contributed by atoms with Gasteiger partial charge in [-0.1, -0.05) is 51.1 Å². The van der Waals surface area contributed by atoms with Crippen LogP contribution in [0.15, 0.2) is 48.5 Å². The molecule has 0 aliphatic carbocycles. The molecule has 0 spiro atoms. The summed E-state index contributed by atoms with van der Waals surface area (Å²) in [6, 6.07) is 13.9. The number of benzene rings is 2. The van der Waals surface area contributed by atoms with E-state index in [1.165, 1.54) is 11.6 Å². The van der Waals surface area contributed by atoms with Crippen molar-refractivity contribution in [1.82, 2.24) is 10.6 Å². The molecule has 0 atom stereocenters. The van der Waals surface area contributed by atoms with E-state index in [0.29, 0.717) is 18.7 Å². The first-order valence-corrected chi connectivity index (χ1v) is 8.35. The number of carbonyl (C=O) groups excluding carboxylic acids is 1. The van der Waals surface area contributed by atoms with Crippen LogP contribution in [0.2, 0.25) is 0 Å². The third-order valence-corrected chi connectivity index (χ3v) is 3.75. The maximum Gasteiger partial charge on any atom is 0.315 e. The first kappa shape index (κ1) is 18.8. The van der Waals surface area contributed by atoms with Crippen molar-refractivity contribution in [2.75, 3.05) is 13.2 Å². The van der Waals surface area contributed by atoms with Gasteiger partial charge < -0.3 is 15.4 Å². The molecule has 0 saturated carbocycles. The maximum absolute atomic E-state index is 13.5. The number of rotatable bonds is 6. The molecule has 134 valence electrons. The molecule has 0 heterocycles. The molecule has 0 saturated heterocycles. The van der Waals surface area contributed by atoms with Crippen molar-refractivity contribution in [2.24, 2.45) is 0 Å². The van der Waals surface area contributed by atoms with E-state index in [1.807, 2.05) is 18.2 Å². The lowest BCUT2D eigenvalue weighted by molar-refractivity contribution is 0.236. The number of nitrogens with one attached hydrogen (secondary N) is 2. The molecule has 0 aliphatic rings. The Balaban J connectivity index is 1.71.